The van der Waals surface area contributed by atoms with Gasteiger partial charge >= 0.3 is 0 Å². The number of hydrogen-bond acceptors (Lipinski definition) is 5. The van der Waals surface area contributed by atoms with Gasteiger partial charge in [0.1, 0.15) is 5.82 Å². The van der Waals surface area contributed by atoms with E-state index in [1.165, 1.54) is 23.5 Å². The number of carbonyl (C=O) groups is 1. The van der Waals surface area contributed by atoms with Crippen LogP contribution in [0, 0.1) is 5.82 Å². The molecule has 4 rings (SSSR count). The predicted octanol–water partition coefficient (Wildman–Crippen LogP) is 2.74. The second kappa shape index (κ2) is 6.89. The summed E-state index contributed by atoms with van der Waals surface area (Å²) < 4.78 is 15.9. The number of aromatic nitrogens is 3. The largest absolute Gasteiger partial charge is 0.301 e. The zero-order chi connectivity index (χ0) is 17.2. The summed E-state index contributed by atoms with van der Waals surface area (Å²) in [6, 6.07) is 6.65. The first-order chi connectivity index (χ1) is 12.2. The van der Waals surface area contributed by atoms with Crippen LogP contribution in [-0.4, -0.2) is 44.7 Å². The Morgan fingerprint density at radius 3 is 3.20 bits per heavy atom. The molecule has 3 heterocycles. The quantitative estimate of drug-likeness (QED) is 0.761. The third-order valence-corrected chi connectivity index (χ3v) is 5.33. The zero-order valence-electron chi connectivity index (χ0n) is 13.6. The number of nitrogens with zero attached hydrogens (tertiary/aromatic N) is 4. The number of likely N-dealkylation sites (tertiary alicyclic amines) is 1. The number of rotatable bonds is 5. The van der Waals surface area contributed by atoms with Gasteiger partial charge in [0.25, 0.3) is 0 Å². The standard InChI is InChI=1S/C17H18FN5OS/c18-12-4-5-14-15(9-12)25-17(20-14)21-16(24)11-22-7-1-3-13(22)10-23-8-2-6-19-23/h2,4-6,8-9,13H,1,3,7,10-11H2,(H,20,21,24)/t13-/m0/s1. The summed E-state index contributed by atoms with van der Waals surface area (Å²) in [7, 11) is 0. The molecule has 1 saturated heterocycles. The van der Waals surface area contributed by atoms with Gasteiger partial charge in [-0.1, -0.05) is 11.3 Å². The van der Waals surface area contributed by atoms with Gasteiger partial charge in [0.05, 0.1) is 23.3 Å². The molecule has 8 heteroatoms. The third-order valence-electron chi connectivity index (χ3n) is 4.40. The first-order valence-corrected chi connectivity index (χ1v) is 9.06. The normalized spacial score (nSPS) is 18.0. The van der Waals surface area contributed by atoms with Crippen molar-refractivity contribution < 1.29 is 9.18 Å². The van der Waals surface area contributed by atoms with Crippen molar-refractivity contribution in [3.63, 3.8) is 0 Å². The summed E-state index contributed by atoms with van der Waals surface area (Å²) in [5, 5.41) is 7.59. The zero-order valence-corrected chi connectivity index (χ0v) is 14.4. The Balaban J connectivity index is 1.38. The van der Waals surface area contributed by atoms with Crippen molar-refractivity contribution >= 4 is 32.6 Å². The van der Waals surface area contributed by atoms with Gasteiger partial charge in [-0.15, -0.1) is 0 Å². The predicted molar refractivity (Wildman–Crippen MR) is 95.0 cm³/mol. The van der Waals surface area contributed by atoms with E-state index in [2.05, 4.69) is 20.3 Å². The molecule has 130 valence electrons. The Kier molecular flexibility index (Phi) is 4.46. The Hall–Kier alpha value is -2.32. The van der Waals surface area contributed by atoms with Crippen molar-refractivity contribution in [2.45, 2.75) is 25.4 Å². The maximum Gasteiger partial charge on any atom is 0.240 e. The molecule has 0 radical (unpaired) electrons. The number of hydrogen-bond donors (Lipinski definition) is 1. The topological polar surface area (TPSA) is 63.1 Å². The molecule has 1 aromatic carbocycles. The molecule has 1 amide bonds. The third kappa shape index (κ3) is 3.69. The highest BCUT2D eigenvalue weighted by molar-refractivity contribution is 7.22. The molecule has 6 nitrogen and oxygen atoms in total. The number of fused-ring (bicyclic) bond motifs is 1. The van der Waals surface area contributed by atoms with Gasteiger partial charge in [-0.3, -0.25) is 14.4 Å². The fourth-order valence-corrected chi connectivity index (χ4v) is 4.14. The molecular weight excluding hydrogens is 341 g/mol. The molecule has 0 aliphatic carbocycles. The van der Waals surface area contributed by atoms with Crippen LogP contribution < -0.4 is 5.32 Å². The second-order valence-electron chi connectivity index (χ2n) is 6.17. The monoisotopic (exact) mass is 359 g/mol. The molecular formula is C17H18FN5OS. The van der Waals surface area contributed by atoms with E-state index in [1.54, 1.807) is 12.3 Å². The summed E-state index contributed by atoms with van der Waals surface area (Å²) in [6.45, 7) is 2.03. The molecule has 0 bridgehead atoms. The second-order valence-corrected chi connectivity index (χ2v) is 7.20. The van der Waals surface area contributed by atoms with Gasteiger partial charge in [-0.25, -0.2) is 9.37 Å². The Morgan fingerprint density at radius 1 is 1.44 bits per heavy atom. The van der Waals surface area contributed by atoms with Crippen LogP contribution >= 0.6 is 11.3 Å². The average molecular weight is 359 g/mol. The van der Waals surface area contributed by atoms with Crippen LogP contribution in [0.25, 0.3) is 10.2 Å². The summed E-state index contributed by atoms with van der Waals surface area (Å²) in [6.07, 6.45) is 5.85. The van der Waals surface area contributed by atoms with Crippen molar-refractivity contribution in [1.29, 1.82) is 0 Å². The highest BCUT2D eigenvalue weighted by Gasteiger charge is 2.26. The molecule has 0 saturated carbocycles. The lowest BCUT2D eigenvalue weighted by Crippen LogP contribution is -2.39. The van der Waals surface area contributed by atoms with E-state index in [-0.39, 0.29) is 11.7 Å². The maximum atomic E-state index is 13.3. The number of halogens is 1. The number of carbonyl (C=O) groups excluding carboxylic acids is 1. The molecule has 25 heavy (non-hydrogen) atoms. The van der Waals surface area contributed by atoms with Gasteiger partial charge in [-0.05, 0) is 43.7 Å². The van der Waals surface area contributed by atoms with Crippen LogP contribution in [0.2, 0.25) is 0 Å². The first kappa shape index (κ1) is 16.2. The van der Waals surface area contributed by atoms with Gasteiger partial charge < -0.3 is 5.32 Å². The van der Waals surface area contributed by atoms with E-state index in [0.717, 1.165) is 30.6 Å². The van der Waals surface area contributed by atoms with Crippen molar-refractivity contribution in [3.05, 3.63) is 42.5 Å². The van der Waals surface area contributed by atoms with Gasteiger partial charge in [-0.2, -0.15) is 5.10 Å². The Bertz CT molecular complexity index is 878. The molecule has 1 fully saturated rings. The van der Waals surface area contributed by atoms with Gasteiger partial charge in [0.15, 0.2) is 5.13 Å². The highest BCUT2D eigenvalue weighted by Crippen LogP contribution is 2.26. The van der Waals surface area contributed by atoms with Crippen molar-refractivity contribution in [1.82, 2.24) is 19.7 Å². The van der Waals surface area contributed by atoms with Crippen molar-refractivity contribution in [2.75, 3.05) is 18.4 Å². The number of amides is 1. The minimum Gasteiger partial charge on any atom is -0.301 e. The molecule has 1 aliphatic heterocycles. The van der Waals surface area contributed by atoms with Gasteiger partial charge in [0, 0.05) is 18.4 Å². The lowest BCUT2D eigenvalue weighted by molar-refractivity contribution is -0.117. The maximum absolute atomic E-state index is 13.3. The summed E-state index contributed by atoms with van der Waals surface area (Å²) in [4.78, 5) is 18.9. The van der Waals surface area contributed by atoms with Crippen LogP contribution in [0.15, 0.2) is 36.7 Å². The molecule has 1 aliphatic rings. The van der Waals surface area contributed by atoms with E-state index in [4.69, 9.17) is 0 Å². The van der Waals surface area contributed by atoms with E-state index in [0.29, 0.717) is 23.2 Å². The number of benzene rings is 1. The minimum absolute atomic E-state index is 0.0908. The lowest BCUT2D eigenvalue weighted by atomic mass is 10.2. The lowest BCUT2D eigenvalue weighted by Gasteiger charge is -2.23. The van der Waals surface area contributed by atoms with E-state index < -0.39 is 0 Å². The van der Waals surface area contributed by atoms with E-state index >= 15 is 0 Å². The molecule has 0 unspecified atom stereocenters. The average Bonchev–Trinajstić information content (AvgIpc) is 3.29. The smallest absolute Gasteiger partial charge is 0.240 e. The summed E-state index contributed by atoms with van der Waals surface area (Å²) >= 11 is 1.29. The van der Waals surface area contributed by atoms with Gasteiger partial charge in [0.2, 0.25) is 5.91 Å². The van der Waals surface area contributed by atoms with Crippen LogP contribution in [0.3, 0.4) is 0 Å². The molecule has 1 atom stereocenters. The van der Waals surface area contributed by atoms with Crippen LogP contribution in [-0.2, 0) is 11.3 Å². The minimum atomic E-state index is -0.299. The highest BCUT2D eigenvalue weighted by atomic mass is 32.1. The number of anilines is 1. The van der Waals surface area contributed by atoms with Crippen LogP contribution in [0.5, 0.6) is 0 Å². The Labute approximate surface area is 148 Å². The van der Waals surface area contributed by atoms with Crippen LogP contribution in [0.1, 0.15) is 12.8 Å². The van der Waals surface area contributed by atoms with Crippen molar-refractivity contribution in [3.8, 4) is 0 Å². The molecule has 2 aromatic heterocycles. The molecule has 1 N–H and O–H groups in total. The first-order valence-electron chi connectivity index (χ1n) is 8.25. The number of thiazole rings is 1. The number of nitrogens with one attached hydrogen (secondary N) is 1. The fourth-order valence-electron chi connectivity index (χ4n) is 3.23. The van der Waals surface area contributed by atoms with E-state index in [9.17, 15) is 9.18 Å². The van der Waals surface area contributed by atoms with Crippen LogP contribution in [0.4, 0.5) is 9.52 Å². The van der Waals surface area contributed by atoms with Crippen molar-refractivity contribution in [2.24, 2.45) is 0 Å². The van der Waals surface area contributed by atoms with E-state index in [1.807, 2.05) is 16.9 Å². The SMILES string of the molecule is O=C(CN1CCC[C@H]1Cn1cccn1)Nc1nc2ccc(F)cc2s1. The summed E-state index contributed by atoms with van der Waals surface area (Å²) in [5.41, 5.74) is 0.694. The summed E-state index contributed by atoms with van der Waals surface area (Å²) in [5.74, 6) is -0.389. The molecule has 3 aromatic rings. The fraction of sp³-hybridized carbons (Fsp3) is 0.353. The Morgan fingerprint density at radius 2 is 2.36 bits per heavy atom. The molecule has 0 spiro atoms.